The number of hydrogen-bond donors (Lipinski definition) is 2. The molecule has 2 amide bonds. The number of carbonyl (C=O) groups excluding carboxylic acids is 2. The lowest BCUT2D eigenvalue weighted by molar-refractivity contribution is -0.139. The van der Waals surface area contributed by atoms with Gasteiger partial charge in [0, 0.05) is 44.9 Å². The van der Waals surface area contributed by atoms with E-state index in [4.69, 9.17) is 9.47 Å². The molecule has 140 valence electrons. The van der Waals surface area contributed by atoms with Gasteiger partial charge in [0.2, 0.25) is 11.8 Å². The fourth-order valence-electron chi connectivity index (χ4n) is 2.75. The summed E-state index contributed by atoms with van der Waals surface area (Å²) < 4.78 is 10.2. The average Bonchev–Trinajstić information content (AvgIpc) is 3.13. The Morgan fingerprint density at radius 2 is 2.16 bits per heavy atom. The number of ether oxygens (including phenoxy) is 2. The second-order valence-corrected chi connectivity index (χ2v) is 6.71. The molecule has 25 heavy (non-hydrogen) atoms. The minimum Gasteiger partial charge on any atom is -0.383 e. The molecule has 2 rings (SSSR count). The van der Waals surface area contributed by atoms with Gasteiger partial charge in [-0.05, 0) is 19.8 Å². The quantitative estimate of drug-likeness (QED) is 0.622. The van der Waals surface area contributed by atoms with Gasteiger partial charge in [-0.25, -0.2) is 4.98 Å². The molecule has 0 atom stereocenters. The third-order valence-electron chi connectivity index (χ3n) is 4.20. The number of amides is 2. The second kappa shape index (κ2) is 9.69. The van der Waals surface area contributed by atoms with Crippen LogP contribution in [0.2, 0.25) is 0 Å². The van der Waals surface area contributed by atoms with E-state index in [0.717, 1.165) is 0 Å². The smallest absolute Gasteiger partial charge is 0.248 e. The van der Waals surface area contributed by atoms with Crippen LogP contribution in [0.1, 0.15) is 19.8 Å². The number of aromatic nitrogens is 1. The largest absolute Gasteiger partial charge is 0.383 e. The van der Waals surface area contributed by atoms with Crippen LogP contribution in [0, 0.1) is 0 Å². The van der Waals surface area contributed by atoms with Crippen molar-refractivity contribution < 1.29 is 19.1 Å². The molecule has 1 fully saturated rings. The molecule has 9 heteroatoms. The molecule has 0 aliphatic carbocycles. The van der Waals surface area contributed by atoms with E-state index in [0.29, 0.717) is 50.8 Å². The van der Waals surface area contributed by atoms with Crippen molar-refractivity contribution in [3.05, 3.63) is 11.6 Å². The standard InChI is InChI=1S/C16H26N4O4S/c1-3-24-12-13(21)20-8-4-16(5-9-20,14(22)17-6-10-23-2)19-15-18-7-11-25-15/h7,11H,3-6,8-10,12H2,1-2H3,(H,17,22)(H,18,19). The van der Waals surface area contributed by atoms with Crippen molar-refractivity contribution in [1.82, 2.24) is 15.2 Å². The van der Waals surface area contributed by atoms with Crippen LogP contribution in [0.5, 0.6) is 0 Å². The molecule has 1 saturated heterocycles. The highest BCUT2D eigenvalue weighted by molar-refractivity contribution is 7.13. The maximum atomic E-state index is 12.8. The Kier molecular flexibility index (Phi) is 7.60. The van der Waals surface area contributed by atoms with Crippen LogP contribution < -0.4 is 10.6 Å². The third kappa shape index (κ3) is 5.38. The number of rotatable bonds is 9. The van der Waals surface area contributed by atoms with Crippen molar-refractivity contribution in [1.29, 1.82) is 0 Å². The topological polar surface area (TPSA) is 92.8 Å². The number of likely N-dealkylation sites (tertiary alicyclic amines) is 1. The zero-order chi connectivity index (χ0) is 18.1. The monoisotopic (exact) mass is 370 g/mol. The lowest BCUT2D eigenvalue weighted by Gasteiger charge is -2.41. The maximum Gasteiger partial charge on any atom is 0.248 e. The van der Waals surface area contributed by atoms with Gasteiger partial charge in [0.25, 0.3) is 0 Å². The lowest BCUT2D eigenvalue weighted by atomic mass is 9.86. The number of hydrogen-bond acceptors (Lipinski definition) is 7. The molecule has 2 N–H and O–H groups in total. The van der Waals surface area contributed by atoms with Crippen molar-refractivity contribution in [2.24, 2.45) is 0 Å². The molecule has 0 bridgehead atoms. The minimum atomic E-state index is -0.770. The van der Waals surface area contributed by atoms with Gasteiger partial charge in [0.05, 0.1) is 6.61 Å². The third-order valence-corrected chi connectivity index (χ3v) is 4.89. The summed E-state index contributed by atoms with van der Waals surface area (Å²) in [6, 6.07) is 0. The van der Waals surface area contributed by atoms with Crippen LogP contribution in [0.25, 0.3) is 0 Å². The second-order valence-electron chi connectivity index (χ2n) is 5.81. The van der Waals surface area contributed by atoms with Crippen molar-refractivity contribution in [3.63, 3.8) is 0 Å². The number of nitrogens with zero attached hydrogens (tertiary/aromatic N) is 2. The molecular weight excluding hydrogens is 344 g/mol. The van der Waals surface area contributed by atoms with Crippen LogP contribution in [-0.4, -0.2) is 73.8 Å². The summed E-state index contributed by atoms with van der Waals surface area (Å²) in [5, 5.41) is 8.76. The highest BCUT2D eigenvalue weighted by Crippen LogP contribution is 2.28. The van der Waals surface area contributed by atoms with Crippen LogP contribution >= 0.6 is 11.3 Å². The van der Waals surface area contributed by atoms with Gasteiger partial charge in [0.1, 0.15) is 12.1 Å². The van der Waals surface area contributed by atoms with E-state index in [-0.39, 0.29) is 18.4 Å². The Hall–Kier alpha value is -1.71. The van der Waals surface area contributed by atoms with Crippen molar-refractivity contribution in [2.75, 3.05) is 51.9 Å². The first-order chi connectivity index (χ1) is 12.1. The first-order valence-corrected chi connectivity index (χ1v) is 9.29. The first kappa shape index (κ1) is 19.6. The summed E-state index contributed by atoms with van der Waals surface area (Å²) in [5.41, 5.74) is -0.770. The summed E-state index contributed by atoms with van der Waals surface area (Å²) >= 11 is 1.45. The Balaban J connectivity index is 2.01. The maximum absolute atomic E-state index is 12.8. The van der Waals surface area contributed by atoms with Crippen molar-refractivity contribution >= 4 is 28.3 Å². The fourth-order valence-corrected chi connectivity index (χ4v) is 3.38. The summed E-state index contributed by atoms with van der Waals surface area (Å²) in [6.45, 7) is 4.36. The Bertz CT molecular complexity index is 544. The Morgan fingerprint density at radius 1 is 1.40 bits per heavy atom. The molecule has 1 aromatic heterocycles. The van der Waals surface area contributed by atoms with E-state index in [9.17, 15) is 9.59 Å². The van der Waals surface area contributed by atoms with Crippen molar-refractivity contribution in [2.45, 2.75) is 25.3 Å². The summed E-state index contributed by atoms with van der Waals surface area (Å²) in [5.74, 6) is -0.124. The van der Waals surface area contributed by atoms with E-state index in [1.807, 2.05) is 12.3 Å². The highest BCUT2D eigenvalue weighted by Gasteiger charge is 2.42. The first-order valence-electron chi connectivity index (χ1n) is 8.41. The van der Waals surface area contributed by atoms with Crippen LogP contribution in [0.15, 0.2) is 11.6 Å². The number of methoxy groups -OCH3 is 1. The van der Waals surface area contributed by atoms with E-state index in [2.05, 4.69) is 15.6 Å². The zero-order valence-corrected chi connectivity index (χ0v) is 15.6. The van der Waals surface area contributed by atoms with Gasteiger partial charge in [-0.1, -0.05) is 0 Å². The van der Waals surface area contributed by atoms with E-state index < -0.39 is 5.54 Å². The molecule has 0 radical (unpaired) electrons. The molecule has 0 aromatic carbocycles. The van der Waals surface area contributed by atoms with Crippen LogP contribution in [0.4, 0.5) is 5.13 Å². The molecule has 0 unspecified atom stereocenters. The van der Waals surface area contributed by atoms with E-state index in [1.54, 1.807) is 18.2 Å². The molecule has 1 aliphatic heterocycles. The number of thiazole rings is 1. The van der Waals surface area contributed by atoms with Gasteiger partial charge in [-0.2, -0.15) is 0 Å². The lowest BCUT2D eigenvalue weighted by Crippen LogP contribution is -2.59. The predicted molar refractivity (Wildman–Crippen MR) is 95.7 cm³/mol. The van der Waals surface area contributed by atoms with Gasteiger partial charge in [-0.15, -0.1) is 11.3 Å². The van der Waals surface area contributed by atoms with Crippen molar-refractivity contribution in [3.8, 4) is 0 Å². The Labute approximate surface area is 151 Å². The number of nitrogens with one attached hydrogen (secondary N) is 2. The zero-order valence-electron chi connectivity index (χ0n) is 14.7. The van der Waals surface area contributed by atoms with Gasteiger partial charge in [-0.3, -0.25) is 9.59 Å². The fraction of sp³-hybridized carbons (Fsp3) is 0.688. The molecule has 1 aliphatic rings. The number of carbonyl (C=O) groups is 2. The minimum absolute atomic E-state index is 0.0375. The number of anilines is 1. The number of piperidine rings is 1. The molecule has 8 nitrogen and oxygen atoms in total. The normalized spacial score (nSPS) is 16.5. The average molecular weight is 370 g/mol. The summed E-state index contributed by atoms with van der Waals surface area (Å²) in [4.78, 5) is 30.9. The molecular formula is C16H26N4O4S. The molecule has 0 saturated carbocycles. The highest BCUT2D eigenvalue weighted by atomic mass is 32.1. The van der Waals surface area contributed by atoms with Gasteiger partial charge in [0.15, 0.2) is 5.13 Å². The Morgan fingerprint density at radius 3 is 2.76 bits per heavy atom. The van der Waals surface area contributed by atoms with Crippen LogP contribution in [0.3, 0.4) is 0 Å². The van der Waals surface area contributed by atoms with Crippen LogP contribution in [-0.2, 0) is 19.1 Å². The molecule has 2 heterocycles. The van der Waals surface area contributed by atoms with Gasteiger partial charge < -0.3 is 25.0 Å². The summed E-state index contributed by atoms with van der Waals surface area (Å²) in [7, 11) is 1.60. The molecule has 0 spiro atoms. The summed E-state index contributed by atoms with van der Waals surface area (Å²) in [6.07, 6.45) is 2.73. The van der Waals surface area contributed by atoms with E-state index >= 15 is 0 Å². The molecule has 1 aromatic rings. The van der Waals surface area contributed by atoms with Gasteiger partial charge >= 0.3 is 0 Å². The van der Waals surface area contributed by atoms with E-state index in [1.165, 1.54) is 11.3 Å². The SMILES string of the molecule is CCOCC(=O)N1CCC(Nc2nccs2)(C(=O)NCCOC)CC1. The predicted octanol–water partition coefficient (Wildman–Crippen LogP) is 0.715.